The molecule has 3 rings (SSSR count). The van der Waals surface area contributed by atoms with Crippen LogP contribution in [-0.2, 0) is 11.2 Å². The number of primary amides is 1. The van der Waals surface area contributed by atoms with Crippen molar-refractivity contribution < 1.29 is 9.59 Å². The number of nitriles is 1. The Morgan fingerprint density at radius 3 is 2.68 bits per heavy atom. The van der Waals surface area contributed by atoms with Crippen LogP contribution in [0.2, 0.25) is 0 Å². The van der Waals surface area contributed by atoms with Gasteiger partial charge in [-0.3, -0.25) is 4.79 Å². The minimum absolute atomic E-state index is 0.238. The lowest BCUT2D eigenvalue weighted by Crippen LogP contribution is -2.54. The van der Waals surface area contributed by atoms with E-state index in [-0.39, 0.29) is 11.9 Å². The second-order valence-corrected chi connectivity index (χ2v) is 6.02. The van der Waals surface area contributed by atoms with Crippen LogP contribution < -0.4 is 16.0 Å². The van der Waals surface area contributed by atoms with E-state index in [1.165, 1.54) is 0 Å². The molecule has 6 nitrogen and oxygen atoms in total. The first-order chi connectivity index (χ1) is 12.0. The number of anilines is 1. The number of amides is 3. The molecule has 1 aliphatic rings. The van der Waals surface area contributed by atoms with Gasteiger partial charge in [-0.05, 0) is 30.2 Å². The number of nitrogens with two attached hydrogens (primary N) is 1. The van der Waals surface area contributed by atoms with Crippen molar-refractivity contribution in [3.8, 4) is 6.07 Å². The standard InChI is InChI=1S/C19H18N4O2/c1-12(14-5-3-2-4-6-14)23-17-9-13(11-20)7-8-15(17)10-16(18(23)24)22-19(21)25/h2-9,12,16H,10H2,1H3,(H3,21,22,25)/t12-,16+/m0/s1. The Labute approximate surface area is 145 Å². The second kappa shape index (κ2) is 6.65. The quantitative estimate of drug-likeness (QED) is 0.900. The van der Waals surface area contributed by atoms with E-state index >= 15 is 0 Å². The topological polar surface area (TPSA) is 99.2 Å². The van der Waals surface area contributed by atoms with Crippen LogP contribution in [0.25, 0.3) is 0 Å². The molecule has 0 fully saturated rings. The highest BCUT2D eigenvalue weighted by Gasteiger charge is 2.36. The predicted octanol–water partition coefficient (Wildman–Crippen LogP) is 2.25. The van der Waals surface area contributed by atoms with Gasteiger partial charge in [0, 0.05) is 12.1 Å². The molecule has 0 saturated carbocycles. The van der Waals surface area contributed by atoms with E-state index in [4.69, 9.17) is 5.73 Å². The zero-order valence-electron chi connectivity index (χ0n) is 13.8. The summed E-state index contributed by atoms with van der Waals surface area (Å²) in [6.07, 6.45) is 0.348. The highest BCUT2D eigenvalue weighted by atomic mass is 16.2. The maximum atomic E-state index is 13.0. The van der Waals surface area contributed by atoms with Crippen molar-refractivity contribution in [1.82, 2.24) is 5.32 Å². The normalized spacial score (nSPS) is 17.4. The highest BCUT2D eigenvalue weighted by Crippen LogP contribution is 2.35. The Morgan fingerprint density at radius 1 is 1.32 bits per heavy atom. The van der Waals surface area contributed by atoms with E-state index in [9.17, 15) is 14.9 Å². The molecule has 6 heteroatoms. The van der Waals surface area contributed by atoms with Crippen LogP contribution in [0.1, 0.15) is 29.7 Å². The van der Waals surface area contributed by atoms with E-state index < -0.39 is 12.1 Å². The Kier molecular flexibility index (Phi) is 4.40. The third-order valence-electron chi connectivity index (χ3n) is 4.42. The number of carbonyl (C=O) groups is 2. The fourth-order valence-electron chi connectivity index (χ4n) is 3.19. The number of benzene rings is 2. The first kappa shape index (κ1) is 16.5. The molecule has 0 saturated heterocycles. The minimum Gasteiger partial charge on any atom is -0.352 e. The smallest absolute Gasteiger partial charge is 0.312 e. The maximum absolute atomic E-state index is 13.0. The molecule has 0 bridgehead atoms. The number of fused-ring (bicyclic) bond motifs is 1. The van der Waals surface area contributed by atoms with E-state index in [0.717, 1.165) is 11.1 Å². The Hall–Kier alpha value is -3.33. The van der Waals surface area contributed by atoms with Crippen molar-refractivity contribution in [2.75, 3.05) is 4.90 Å². The maximum Gasteiger partial charge on any atom is 0.312 e. The Balaban J connectivity index is 2.08. The molecule has 0 aromatic heterocycles. The molecule has 25 heavy (non-hydrogen) atoms. The van der Waals surface area contributed by atoms with E-state index in [1.54, 1.807) is 17.0 Å². The largest absolute Gasteiger partial charge is 0.352 e. The number of hydrogen-bond acceptors (Lipinski definition) is 3. The Bertz CT molecular complexity index is 857. The fraction of sp³-hybridized carbons (Fsp3) is 0.211. The number of rotatable bonds is 3. The van der Waals surface area contributed by atoms with Gasteiger partial charge in [-0.1, -0.05) is 36.4 Å². The molecule has 2 atom stereocenters. The van der Waals surface area contributed by atoms with Crippen LogP contribution >= 0.6 is 0 Å². The SMILES string of the molecule is C[C@@H](c1ccccc1)N1C(=O)[C@H](NC(N)=O)Cc2ccc(C#N)cc21. The molecule has 0 unspecified atom stereocenters. The second-order valence-electron chi connectivity index (χ2n) is 6.02. The first-order valence-electron chi connectivity index (χ1n) is 7.98. The summed E-state index contributed by atoms with van der Waals surface area (Å²) < 4.78 is 0. The molecular weight excluding hydrogens is 316 g/mol. The Morgan fingerprint density at radius 2 is 2.04 bits per heavy atom. The minimum atomic E-state index is -0.734. The highest BCUT2D eigenvalue weighted by molar-refractivity contribution is 6.02. The van der Waals surface area contributed by atoms with Gasteiger partial charge in [0.2, 0.25) is 0 Å². The van der Waals surface area contributed by atoms with E-state index in [1.807, 2.05) is 43.3 Å². The zero-order chi connectivity index (χ0) is 18.0. The zero-order valence-corrected chi connectivity index (χ0v) is 13.8. The van der Waals surface area contributed by atoms with Crippen molar-refractivity contribution in [3.63, 3.8) is 0 Å². The summed E-state index contributed by atoms with van der Waals surface area (Å²) >= 11 is 0. The van der Waals surface area contributed by atoms with Gasteiger partial charge in [0.1, 0.15) is 6.04 Å². The van der Waals surface area contributed by atoms with Gasteiger partial charge < -0.3 is 16.0 Å². The van der Waals surface area contributed by atoms with Crippen LogP contribution in [0, 0.1) is 11.3 Å². The number of urea groups is 1. The third kappa shape index (κ3) is 3.17. The number of nitrogens with one attached hydrogen (secondary N) is 1. The average Bonchev–Trinajstić information content (AvgIpc) is 2.62. The van der Waals surface area contributed by atoms with Gasteiger partial charge in [-0.2, -0.15) is 5.26 Å². The molecule has 3 amide bonds. The summed E-state index contributed by atoms with van der Waals surface area (Å²) in [5.41, 5.74) is 8.25. The summed E-state index contributed by atoms with van der Waals surface area (Å²) in [5, 5.41) is 11.7. The average molecular weight is 334 g/mol. The van der Waals surface area contributed by atoms with Crippen molar-refractivity contribution >= 4 is 17.6 Å². The molecular formula is C19H18N4O2. The van der Waals surface area contributed by atoms with Crippen LogP contribution in [0.3, 0.4) is 0 Å². The lowest BCUT2D eigenvalue weighted by molar-refractivity contribution is -0.121. The van der Waals surface area contributed by atoms with Crippen molar-refractivity contribution in [1.29, 1.82) is 5.26 Å². The molecule has 2 aromatic carbocycles. The lowest BCUT2D eigenvalue weighted by atomic mass is 9.93. The lowest BCUT2D eigenvalue weighted by Gasteiger charge is -2.38. The molecule has 0 aliphatic carbocycles. The molecule has 126 valence electrons. The summed E-state index contributed by atoms with van der Waals surface area (Å²) in [4.78, 5) is 25.9. The number of carbonyl (C=O) groups excluding carboxylic acids is 2. The summed E-state index contributed by atoms with van der Waals surface area (Å²) in [6.45, 7) is 1.92. The monoisotopic (exact) mass is 334 g/mol. The summed E-state index contributed by atoms with van der Waals surface area (Å²) in [7, 11) is 0. The van der Waals surface area contributed by atoms with Gasteiger partial charge in [-0.15, -0.1) is 0 Å². The predicted molar refractivity (Wildman–Crippen MR) is 93.7 cm³/mol. The number of nitrogens with zero attached hydrogens (tertiary/aromatic N) is 2. The first-order valence-corrected chi connectivity index (χ1v) is 7.98. The molecule has 0 spiro atoms. The van der Waals surface area contributed by atoms with Crippen molar-refractivity contribution in [2.45, 2.75) is 25.4 Å². The van der Waals surface area contributed by atoms with Gasteiger partial charge in [0.05, 0.1) is 17.7 Å². The number of hydrogen-bond donors (Lipinski definition) is 2. The van der Waals surface area contributed by atoms with Crippen molar-refractivity contribution in [3.05, 3.63) is 65.2 Å². The van der Waals surface area contributed by atoms with Crippen LogP contribution in [0.15, 0.2) is 48.5 Å². The van der Waals surface area contributed by atoms with Gasteiger partial charge in [0.25, 0.3) is 5.91 Å². The summed E-state index contributed by atoms with van der Waals surface area (Å²) in [6, 6.07) is 15.3. The van der Waals surface area contributed by atoms with Gasteiger partial charge in [0.15, 0.2) is 0 Å². The molecule has 1 heterocycles. The van der Waals surface area contributed by atoms with E-state index in [0.29, 0.717) is 17.7 Å². The fourth-order valence-corrected chi connectivity index (χ4v) is 3.19. The van der Waals surface area contributed by atoms with Gasteiger partial charge in [-0.25, -0.2) is 4.79 Å². The molecule has 2 aromatic rings. The van der Waals surface area contributed by atoms with Gasteiger partial charge >= 0.3 is 6.03 Å². The van der Waals surface area contributed by atoms with Crippen LogP contribution in [0.5, 0.6) is 0 Å². The third-order valence-corrected chi connectivity index (χ3v) is 4.42. The molecule has 1 aliphatic heterocycles. The summed E-state index contributed by atoms with van der Waals surface area (Å²) in [5.74, 6) is -0.238. The van der Waals surface area contributed by atoms with Crippen LogP contribution in [-0.4, -0.2) is 18.0 Å². The van der Waals surface area contributed by atoms with Crippen LogP contribution in [0.4, 0.5) is 10.5 Å². The molecule has 0 radical (unpaired) electrons. The van der Waals surface area contributed by atoms with Crippen molar-refractivity contribution in [2.24, 2.45) is 5.73 Å². The molecule has 3 N–H and O–H groups in total. The van der Waals surface area contributed by atoms with E-state index in [2.05, 4.69) is 11.4 Å².